The van der Waals surface area contributed by atoms with Crippen molar-refractivity contribution in [3.05, 3.63) is 24.0 Å². The number of nitrogen functional groups attached to an aromatic ring is 1. The van der Waals surface area contributed by atoms with Crippen molar-refractivity contribution in [2.24, 2.45) is 5.84 Å². The Morgan fingerprint density at radius 3 is 2.94 bits per heavy atom. The van der Waals surface area contributed by atoms with E-state index in [0.29, 0.717) is 17.8 Å². The Hall–Kier alpha value is -1.66. The molecule has 6 heteroatoms. The van der Waals surface area contributed by atoms with Crippen molar-refractivity contribution in [2.45, 2.75) is 0 Å². The minimum Gasteiger partial charge on any atom is -0.351 e. The summed E-state index contributed by atoms with van der Waals surface area (Å²) < 4.78 is 0. The molecule has 0 radical (unpaired) electrons. The average molecular weight is 223 g/mol. The molecule has 0 aliphatic rings. The zero-order valence-corrected chi connectivity index (χ0v) is 9.53. The van der Waals surface area contributed by atoms with E-state index >= 15 is 0 Å². The van der Waals surface area contributed by atoms with Crippen molar-refractivity contribution >= 4 is 11.6 Å². The summed E-state index contributed by atoms with van der Waals surface area (Å²) in [5.41, 5.74) is 3.48. The molecule has 1 heterocycles. The third-order valence-corrected chi connectivity index (χ3v) is 2.07. The molecule has 0 unspecified atom stereocenters. The summed E-state index contributed by atoms with van der Waals surface area (Å²) in [6, 6.07) is 1.65. The maximum Gasteiger partial charge on any atom is 0.255 e. The summed E-state index contributed by atoms with van der Waals surface area (Å²) in [6.07, 6.45) is 3.06. The van der Waals surface area contributed by atoms with Gasteiger partial charge in [-0.3, -0.25) is 15.6 Å². The van der Waals surface area contributed by atoms with Crippen LogP contribution in [0.1, 0.15) is 10.4 Å². The normalized spacial score (nSPS) is 10.2. The molecular weight excluding hydrogens is 206 g/mol. The fraction of sp³-hybridized carbons (Fsp3) is 0.400. The minimum absolute atomic E-state index is 0.178. The topological polar surface area (TPSA) is 83.3 Å². The number of carbonyl (C=O) groups is 1. The molecule has 0 aliphatic carbocycles. The van der Waals surface area contributed by atoms with E-state index in [9.17, 15) is 4.79 Å². The number of pyridine rings is 1. The van der Waals surface area contributed by atoms with Gasteiger partial charge in [0.1, 0.15) is 0 Å². The highest BCUT2D eigenvalue weighted by Crippen LogP contribution is 2.10. The maximum absolute atomic E-state index is 11.7. The summed E-state index contributed by atoms with van der Waals surface area (Å²) in [7, 11) is 3.90. The van der Waals surface area contributed by atoms with Crippen LogP contribution in [0.2, 0.25) is 0 Å². The quantitative estimate of drug-likeness (QED) is 0.470. The first-order valence-corrected chi connectivity index (χ1v) is 4.98. The Morgan fingerprint density at radius 2 is 2.31 bits per heavy atom. The number of likely N-dealkylation sites (N-methyl/N-ethyl adjacent to an activating group) is 1. The molecule has 0 fully saturated rings. The van der Waals surface area contributed by atoms with Gasteiger partial charge in [0.25, 0.3) is 5.91 Å². The van der Waals surface area contributed by atoms with Crippen molar-refractivity contribution in [3.8, 4) is 0 Å². The van der Waals surface area contributed by atoms with E-state index in [0.717, 1.165) is 6.54 Å². The van der Waals surface area contributed by atoms with Crippen LogP contribution in [-0.2, 0) is 0 Å². The summed E-state index contributed by atoms with van der Waals surface area (Å²) in [6.45, 7) is 1.38. The van der Waals surface area contributed by atoms with E-state index in [4.69, 9.17) is 5.84 Å². The average Bonchev–Trinajstić information content (AvgIpc) is 2.28. The van der Waals surface area contributed by atoms with Gasteiger partial charge in [-0.1, -0.05) is 0 Å². The van der Waals surface area contributed by atoms with Gasteiger partial charge in [-0.25, -0.2) is 0 Å². The highest BCUT2D eigenvalue weighted by molar-refractivity contribution is 5.99. The number of rotatable bonds is 5. The fourth-order valence-corrected chi connectivity index (χ4v) is 1.19. The third-order valence-electron chi connectivity index (χ3n) is 2.07. The maximum atomic E-state index is 11.7. The van der Waals surface area contributed by atoms with Gasteiger partial charge < -0.3 is 15.6 Å². The van der Waals surface area contributed by atoms with Gasteiger partial charge in [0.2, 0.25) is 0 Å². The van der Waals surface area contributed by atoms with Crippen LogP contribution in [0, 0.1) is 0 Å². The molecule has 0 spiro atoms. The molecule has 0 saturated heterocycles. The molecule has 1 amide bonds. The van der Waals surface area contributed by atoms with Gasteiger partial charge >= 0.3 is 0 Å². The van der Waals surface area contributed by atoms with Crippen LogP contribution in [0.5, 0.6) is 0 Å². The SMILES string of the molecule is CN(C)CCNC(=O)c1cnccc1NN. The molecule has 0 atom stereocenters. The van der Waals surface area contributed by atoms with Crippen LogP contribution in [0.25, 0.3) is 0 Å². The first-order chi connectivity index (χ1) is 7.65. The van der Waals surface area contributed by atoms with Gasteiger partial charge in [0.15, 0.2) is 0 Å². The number of carbonyl (C=O) groups excluding carboxylic acids is 1. The summed E-state index contributed by atoms with van der Waals surface area (Å²) in [5.74, 6) is 5.12. The van der Waals surface area contributed by atoms with Gasteiger partial charge in [0.05, 0.1) is 11.3 Å². The Bertz CT molecular complexity index is 353. The van der Waals surface area contributed by atoms with E-state index in [2.05, 4.69) is 15.7 Å². The van der Waals surface area contributed by atoms with E-state index in [1.807, 2.05) is 19.0 Å². The van der Waals surface area contributed by atoms with Crippen LogP contribution in [0.3, 0.4) is 0 Å². The standard InChI is InChI=1S/C10H17N5O/c1-15(2)6-5-13-10(16)8-7-12-4-3-9(8)14-11/h3-4,7H,5-6,11H2,1-2H3,(H,12,14)(H,13,16). The number of anilines is 1. The Morgan fingerprint density at radius 1 is 1.56 bits per heavy atom. The number of hydrazine groups is 1. The Labute approximate surface area is 94.8 Å². The molecule has 0 bridgehead atoms. The third kappa shape index (κ3) is 3.48. The fourth-order valence-electron chi connectivity index (χ4n) is 1.19. The minimum atomic E-state index is -0.178. The van der Waals surface area contributed by atoms with E-state index in [-0.39, 0.29) is 5.91 Å². The van der Waals surface area contributed by atoms with Crippen molar-refractivity contribution in [2.75, 3.05) is 32.6 Å². The monoisotopic (exact) mass is 223 g/mol. The molecular formula is C10H17N5O. The van der Waals surface area contributed by atoms with Crippen molar-refractivity contribution in [3.63, 3.8) is 0 Å². The number of amides is 1. The molecule has 4 N–H and O–H groups in total. The van der Waals surface area contributed by atoms with Crippen molar-refractivity contribution in [1.82, 2.24) is 15.2 Å². The van der Waals surface area contributed by atoms with Crippen LogP contribution >= 0.6 is 0 Å². The van der Waals surface area contributed by atoms with Gasteiger partial charge in [-0.15, -0.1) is 0 Å². The van der Waals surface area contributed by atoms with Crippen LogP contribution in [0.15, 0.2) is 18.5 Å². The van der Waals surface area contributed by atoms with Crippen molar-refractivity contribution in [1.29, 1.82) is 0 Å². The van der Waals surface area contributed by atoms with Crippen LogP contribution in [-0.4, -0.2) is 43.0 Å². The largest absolute Gasteiger partial charge is 0.351 e. The molecule has 1 rings (SSSR count). The van der Waals surface area contributed by atoms with Crippen LogP contribution in [0.4, 0.5) is 5.69 Å². The summed E-state index contributed by atoms with van der Waals surface area (Å²) in [5, 5.41) is 2.79. The van der Waals surface area contributed by atoms with Gasteiger partial charge in [0, 0.05) is 25.5 Å². The van der Waals surface area contributed by atoms with E-state index < -0.39 is 0 Å². The number of nitrogens with one attached hydrogen (secondary N) is 2. The predicted octanol–water partition coefficient (Wildman–Crippen LogP) is -0.341. The second-order valence-electron chi connectivity index (χ2n) is 3.62. The molecule has 88 valence electrons. The molecule has 6 nitrogen and oxygen atoms in total. The molecule has 0 saturated carbocycles. The molecule has 16 heavy (non-hydrogen) atoms. The number of nitrogens with zero attached hydrogens (tertiary/aromatic N) is 2. The lowest BCUT2D eigenvalue weighted by molar-refractivity contribution is 0.0951. The summed E-state index contributed by atoms with van der Waals surface area (Å²) in [4.78, 5) is 17.6. The Kier molecular flexibility index (Phi) is 4.68. The summed E-state index contributed by atoms with van der Waals surface area (Å²) >= 11 is 0. The smallest absolute Gasteiger partial charge is 0.255 e. The number of aromatic nitrogens is 1. The van der Waals surface area contributed by atoms with E-state index in [1.165, 1.54) is 6.20 Å². The zero-order chi connectivity index (χ0) is 12.0. The number of hydrogen-bond donors (Lipinski definition) is 3. The van der Waals surface area contributed by atoms with Gasteiger partial charge in [-0.05, 0) is 20.2 Å². The zero-order valence-electron chi connectivity index (χ0n) is 9.53. The lowest BCUT2D eigenvalue weighted by Crippen LogP contribution is -2.32. The number of hydrogen-bond acceptors (Lipinski definition) is 5. The highest BCUT2D eigenvalue weighted by Gasteiger charge is 2.09. The van der Waals surface area contributed by atoms with Gasteiger partial charge in [-0.2, -0.15) is 0 Å². The molecule has 1 aromatic heterocycles. The Balaban J connectivity index is 2.59. The lowest BCUT2D eigenvalue weighted by Gasteiger charge is -2.11. The van der Waals surface area contributed by atoms with Crippen LogP contribution < -0.4 is 16.6 Å². The first kappa shape index (κ1) is 12.4. The second kappa shape index (κ2) is 6.04. The molecule has 1 aromatic rings. The molecule has 0 aromatic carbocycles. The predicted molar refractivity (Wildman–Crippen MR) is 62.9 cm³/mol. The lowest BCUT2D eigenvalue weighted by atomic mass is 10.2. The second-order valence-corrected chi connectivity index (χ2v) is 3.62. The first-order valence-electron chi connectivity index (χ1n) is 4.98. The molecule has 0 aliphatic heterocycles. The highest BCUT2D eigenvalue weighted by atomic mass is 16.1. The van der Waals surface area contributed by atoms with E-state index in [1.54, 1.807) is 12.3 Å². The van der Waals surface area contributed by atoms with Crippen molar-refractivity contribution < 1.29 is 4.79 Å². The number of nitrogens with two attached hydrogens (primary N) is 1.